The lowest BCUT2D eigenvalue weighted by Crippen LogP contribution is -2.12. The molecule has 2 rings (SSSR count). The van der Waals surface area contributed by atoms with Crippen molar-refractivity contribution in [3.63, 3.8) is 0 Å². The first-order valence-corrected chi connectivity index (χ1v) is 7.79. The quantitative estimate of drug-likeness (QED) is 0.787. The third-order valence-corrected chi connectivity index (χ3v) is 3.56. The third kappa shape index (κ3) is 5.11. The summed E-state index contributed by atoms with van der Waals surface area (Å²) in [6, 6.07) is 13.0. The van der Waals surface area contributed by atoms with Crippen LogP contribution in [0.3, 0.4) is 0 Å². The molecule has 0 radical (unpaired) electrons. The van der Waals surface area contributed by atoms with Crippen molar-refractivity contribution >= 4 is 11.6 Å². The van der Waals surface area contributed by atoms with Gasteiger partial charge in [0.05, 0.1) is 6.61 Å². The average Bonchev–Trinajstić information content (AvgIpc) is 2.55. The standard InChI is InChI=1S/C19H23NO3/c1-4-22-10-11-23-18-7-5-6-16(13-18)19(21)20-17-9-8-14(2)15(3)12-17/h5-9,12-13H,4,10-11H2,1-3H3,(H,20,21). The summed E-state index contributed by atoms with van der Waals surface area (Å²) >= 11 is 0. The number of rotatable bonds is 7. The Morgan fingerprint density at radius 1 is 1.04 bits per heavy atom. The second-order valence-electron chi connectivity index (χ2n) is 5.33. The fraction of sp³-hybridized carbons (Fsp3) is 0.316. The van der Waals surface area contributed by atoms with Gasteiger partial charge in [-0.05, 0) is 62.2 Å². The van der Waals surface area contributed by atoms with E-state index < -0.39 is 0 Å². The van der Waals surface area contributed by atoms with Crippen LogP contribution in [0.5, 0.6) is 5.75 Å². The minimum Gasteiger partial charge on any atom is -0.491 e. The van der Waals surface area contributed by atoms with E-state index in [2.05, 4.69) is 5.32 Å². The van der Waals surface area contributed by atoms with Crippen molar-refractivity contribution in [3.8, 4) is 5.75 Å². The molecule has 122 valence electrons. The Hall–Kier alpha value is -2.33. The lowest BCUT2D eigenvalue weighted by molar-refractivity contribution is 0.102. The van der Waals surface area contributed by atoms with Crippen LogP contribution < -0.4 is 10.1 Å². The van der Waals surface area contributed by atoms with Crippen molar-refractivity contribution in [1.29, 1.82) is 0 Å². The first-order valence-electron chi connectivity index (χ1n) is 7.79. The zero-order chi connectivity index (χ0) is 16.7. The Morgan fingerprint density at radius 2 is 1.87 bits per heavy atom. The largest absolute Gasteiger partial charge is 0.491 e. The molecular weight excluding hydrogens is 290 g/mol. The molecule has 0 bridgehead atoms. The molecule has 0 heterocycles. The average molecular weight is 313 g/mol. The van der Waals surface area contributed by atoms with Gasteiger partial charge >= 0.3 is 0 Å². The van der Waals surface area contributed by atoms with Crippen molar-refractivity contribution in [2.24, 2.45) is 0 Å². The van der Waals surface area contributed by atoms with E-state index in [1.165, 1.54) is 5.56 Å². The highest BCUT2D eigenvalue weighted by Crippen LogP contribution is 2.17. The molecule has 0 fully saturated rings. The van der Waals surface area contributed by atoms with E-state index in [1.54, 1.807) is 12.1 Å². The second-order valence-corrected chi connectivity index (χ2v) is 5.33. The summed E-state index contributed by atoms with van der Waals surface area (Å²) in [5.41, 5.74) is 3.71. The van der Waals surface area contributed by atoms with Gasteiger partial charge in [-0.2, -0.15) is 0 Å². The van der Waals surface area contributed by atoms with E-state index in [9.17, 15) is 4.79 Å². The summed E-state index contributed by atoms with van der Waals surface area (Å²) in [5.74, 6) is 0.515. The Balaban J connectivity index is 2.00. The Kier molecular flexibility index (Phi) is 6.18. The predicted molar refractivity (Wildman–Crippen MR) is 92.3 cm³/mol. The van der Waals surface area contributed by atoms with Crippen LogP contribution in [0.25, 0.3) is 0 Å². The molecule has 0 aliphatic rings. The minimum atomic E-state index is -0.150. The van der Waals surface area contributed by atoms with Crippen LogP contribution in [0.2, 0.25) is 0 Å². The number of ether oxygens (including phenoxy) is 2. The van der Waals surface area contributed by atoms with Crippen LogP contribution in [-0.4, -0.2) is 25.7 Å². The fourth-order valence-corrected chi connectivity index (χ4v) is 2.11. The first-order chi connectivity index (χ1) is 11.1. The van der Waals surface area contributed by atoms with Crippen molar-refractivity contribution < 1.29 is 14.3 Å². The molecule has 0 aliphatic carbocycles. The van der Waals surface area contributed by atoms with E-state index in [1.807, 2.05) is 51.1 Å². The zero-order valence-electron chi connectivity index (χ0n) is 13.9. The number of amides is 1. The second kappa shape index (κ2) is 8.34. The van der Waals surface area contributed by atoms with Gasteiger partial charge < -0.3 is 14.8 Å². The van der Waals surface area contributed by atoms with E-state index in [0.29, 0.717) is 31.1 Å². The molecule has 4 heteroatoms. The van der Waals surface area contributed by atoms with Crippen molar-refractivity contribution in [3.05, 3.63) is 59.2 Å². The number of aryl methyl sites for hydroxylation is 2. The first kappa shape index (κ1) is 17.0. The summed E-state index contributed by atoms with van der Waals surface area (Å²) in [5, 5.41) is 2.91. The molecule has 0 saturated carbocycles. The number of anilines is 1. The van der Waals surface area contributed by atoms with Gasteiger partial charge in [0.15, 0.2) is 0 Å². The summed E-state index contributed by atoms with van der Waals surface area (Å²) in [6.07, 6.45) is 0. The molecule has 0 atom stereocenters. The number of carbonyl (C=O) groups excluding carboxylic acids is 1. The van der Waals surface area contributed by atoms with Gasteiger partial charge in [-0.3, -0.25) is 4.79 Å². The van der Waals surface area contributed by atoms with Gasteiger partial charge in [-0.15, -0.1) is 0 Å². The molecule has 2 aromatic rings. The summed E-state index contributed by atoms with van der Waals surface area (Å²) < 4.78 is 10.8. The van der Waals surface area contributed by atoms with E-state index in [0.717, 1.165) is 11.3 Å². The van der Waals surface area contributed by atoms with Gasteiger partial charge in [0, 0.05) is 17.9 Å². The molecule has 0 aliphatic heterocycles. The summed E-state index contributed by atoms with van der Waals surface area (Å²) in [7, 11) is 0. The third-order valence-electron chi connectivity index (χ3n) is 3.56. The molecule has 1 N–H and O–H groups in total. The molecule has 0 spiro atoms. The van der Waals surface area contributed by atoms with E-state index in [4.69, 9.17) is 9.47 Å². The molecule has 0 unspecified atom stereocenters. The lowest BCUT2D eigenvalue weighted by Gasteiger charge is -2.10. The maximum atomic E-state index is 12.3. The molecule has 1 amide bonds. The van der Waals surface area contributed by atoms with Gasteiger partial charge in [0.1, 0.15) is 12.4 Å². The highest BCUT2D eigenvalue weighted by molar-refractivity contribution is 6.04. The molecule has 0 aromatic heterocycles. The summed E-state index contributed by atoms with van der Waals surface area (Å²) in [6.45, 7) is 7.69. The van der Waals surface area contributed by atoms with Crippen LogP contribution >= 0.6 is 0 Å². The Labute approximate surface area is 137 Å². The molecule has 4 nitrogen and oxygen atoms in total. The summed E-state index contributed by atoms with van der Waals surface area (Å²) in [4.78, 5) is 12.3. The van der Waals surface area contributed by atoms with Crippen molar-refractivity contribution in [1.82, 2.24) is 0 Å². The minimum absolute atomic E-state index is 0.150. The van der Waals surface area contributed by atoms with Crippen molar-refractivity contribution in [2.45, 2.75) is 20.8 Å². The number of hydrogen-bond acceptors (Lipinski definition) is 3. The fourth-order valence-electron chi connectivity index (χ4n) is 2.11. The van der Waals surface area contributed by atoms with Gasteiger partial charge in [0.2, 0.25) is 0 Å². The molecular formula is C19H23NO3. The Bertz CT molecular complexity index is 667. The number of benzene rings is 2. The maximum absolute atomic E-state index is 12.3. The zero-order valence-corrected chi connectivity index (χ0v) is 13.9. The number of hydrogen-bond donors (Lipinski definition) is 1. The van der Waals surface area contributed by atoms with Crippen LogP contribution in [0.15, 0.2) is 42.5 Å². The van der Waals surface area contributed by atoms with Gasteiger partial charge in [-0.25, -0.2) is 0 Å². The lowest BCUT2D eigenvalue weighted by atomic mass is 10.1. The number of carbonyl (C=O) groups is 1. The maximum Gasteiger partial charge on any atom is 0.255 e. The molecule has 0 saturated heterocycles. The number of nitrogens with one attached hydrogen (secondary N) is 1. The van der Waals surface area contributed by atoms with Gasteiger partial charge in [0.25, 0.3) is 5.91 Å². The Morgan fingerprint density at radius 3 is 2.61 bits per heavy atom. The van der Waals surface area contributed by atoms with Crippen LogP contribution in [0.4, 0.5) is 5.69 Å². The van der Waals surface area contributed by atoms with Gasteiger partial charge in [-0.1, -0.05) is 12.1 Å². The highest BCUT2D eigenvalue weighted by atomic mass is 16.5. The smallest absolute Gasteiger partial charge is 0.255 e. The van der Waals surface area contributed by atoms with Crippen LogP contribution in [-0.2, 0) is 4.74 Å². The van der Waals surface area contributed by atoms with Crippen LogP contribution in [0, 0.1) is 13.8 Å². The van der Waals surface area contributed by atoms with Crippen LogP contribution in [0.1, 0.15) is 28.4 Å². The van der Waals surface area contributed by atoms with E-state index in [-0.39, 0.29) is 5.91 Å². The normalized spacial score (nSPS) is 10.4. The molecule has 2 aromatic carbocycles. The SMILES string of the molecule is CCOCCOc1cccc(C(=O)Nc2ccc(C)c(C)c2)c1. The predicted octanol–water partition coefficient (Wildman–Crippen LogP) is 3.97. The monoisotopic (exact) mass is 313 g/mol. The van der Waals surface area contributed by atoms with Crippen molar-refractivity contribution in [2.75, 3.05) is 25.1 Å². The topological polar surface area (TPSA) is 47.6 Å². The van der Waals surface area contributed by atoms with E-state index >= 15 is 0 Å². The molecule has 23 heavy (non-hydrogen) atoms. The highest BCUT2D eigenvalue weighted by Gasteiger charge is 2.08.